The molecule has 0 radical (unpaired) electrons. The van der Waals surface area contributed by atoms with Crippen molar-refractivity contribution < 1.29 is 9.53 Å². The quantitative estimate of drug-likeness (QED) is 0.152. The number of aromatic nitrogens is 3. The molecule has 1 saturated carbocycles. The molecule has 266 valence electrons. The highest BCUT2D eigenvalue weighted by molar-refractivity contribution is 6.98. The minimum Gasteiger partial charge on any atom is -0.424 e. The minimum atomic E-state index is -3.13. The van der Waals surface area contributed by atoms with Crippen LogP contribution in [0.5, 0.6) is 0 Å². The molecule has 2 atom stereocenters. The number of hydrogen-bond acceptors (Lipinski definition) is 7. The van der Waals surface area contributed by atoms with Crippen LogP contribution in [0.3, 0.4) is 0 Å². The lowest BCUT2D eigenvalue weighted by Gasteiger charge is -2.49. The maximum atomic E-state index is 12.9. The van der Waals surface area contributed by atoms with Gasteiger partial charge in [0.05, 0.1) is 47.5 Å². The molecule has 51 heavy (non-hydrogen) atoms. The minimum absolute atomic E-state index is 0.128. The molecule has 10 heteroatoms. The van der Waals surface area contributed by atoms with Gasteiger partial charge in [-0.25, -0.2) is 4.98 Å². The van der Waals surface area contributed by atoms with Crippen LogP contribution < -0.4 is 20.6 Å². The van der Waals surface area contributed by atoms with Gasteiger partial charge < -0.3 is 19.7 Å². The van der Waals surface area contributed by atoms with Crippen LogP contribution in [0, 0.1) is 12.8 Å². The summed E-state index contributed by atoms with van der Waals surface area (Å²) < 4.78 is 8.42. The van der Waals surface area contributed by atoms with Gasteiger partial charge in [-0.3, -0.25) is 9.58 Å². The monoisotopic (exact) mass is 720 g/mol. The second-order valence-electron chi connectivity index (χ2n) is 15.7. The Morgan fingerprint density at radius 3 is 2.25 bits per heavy atom. The van der Waals surface area contributed by atoms with Crippen LogP contribution in [-0.2, 0) is 4.74 Å². The molecule has 8 rings (SSSR count). The summed E-state index contributed by atoms with van der Waals surface area (Å²) in [6.45, 7) is 14.0. The fourth-order valence-corrected chi connectivity index (χ4v) is 12.8. The highest BCUT2D eigenvalue weighted by Crippen LogP contribution is 2.47. The molecule has 0 bridgehead atoms. The Morgan fingerprint density at radius 1 is 0.941 bits per heavy atom. The van der Waals surface area contributed by atoms with Crippen molar-refractivity contribution in [1.82, 2.24) is 19.7 Å². The fourth-order valence-electron chi connectivity index (χ4n) is 8.70. The zero-order chi connectivity index (χ0) is 35.4. The van der Waals surface area contributed by atoms with Crippen LogP contribution in [0.2, 0.25) is 10.1 Å². The van der Waals surface area contributed by atoms with Gasteiger partial charge in [-0.15, -0.1) is 0 Å². The molecule has 1 aliphatic carbocycles. The summed E-state index contributed by atoms with van der Waals surface area (Å²) in [5.41, 5.74) is 3.08. The number of pyridine rings is 1. The van der Waals surface area contributed by atoms with Gasteiger partial charge in [-0.2, -0.15) is 5.10 Å². The molecule has 3 aromatic carbocycles. The van der Waals surface area contributed by atoms with E-state index in [1.807, 2.05) is 30.6 Å². The van der Waals surface area contributed by atoms with Crippen LogP contribution in [0.1, 0.15) is 51.8 Å². The molecule has 2 N–H and O–H groups in total. The molecular formula is C41H49ClN6O2Si. The maximum Gasteiger partial charge on any atom is 0.258 e. The van der Waals surface area contributed by atoms with Crippen molar-refractivity contribution in [3.8, 4) is 0 Å². The third-order valence-electron chi connectivity index (χ3n) is 12.0. The molecule has 4 heterocycles. The van der Waals surface area contributed by atoms with E-state index in [1.165, 1.54) is 12.8 Å². The molecule has 8 nitrogen and oxygen atoms in total. The Kier molecular flexibility index (Phi) is 8.99. The van der Waals surface area contributed by atoms with Gasteiger partial charge in [0.15, 0.2) is 0 Å². The van der Waals surface area contributed by atoms with Gasteiger partial charge in [-0.05, 0) is 72.1 Å². The van der Waals surface area contributed by atoms with E-state index in [0.29, 0.717) is 19.3 Å². The number of rotatable bonds is 10. The molecule has 2 saturated heterocycles. The number of ether oxygens (including phenoxy) is 1. The summed E-state index contributed by atoms with van der Waals surface area (Å²) in [6, 6.07) is 27.6. The van der Waals surface area contributed by atoms with Crippen molar-refractivity contribution in [3.63, 3.8) is 0 Å². The molecule has 5 aromatic rings. The average Bonchev–Trinajstić information content (AvgIpc) is 3.84. The first-order valence-corrected chi connectivity index (χ1v) is 20.7. The lowest BCUT2D eigenvalue weighted by Crippen LogP contribution is -2.66. The molecule has 0 spiro atoms. The molecule has 2 aliphatic heterocycles. The Bertz CT molecular complexity index is 1970. The van der Waals surface area contributed by atoms with Crippen LogP contribution in [0.15, 0.2) is 91.3 Å². The third-order valence-corrected chi connectivity index (χ3v) is 16.8. The molecule has 0 amide bonds. The van der Waals surface area contributed by atoms with Crippen LogP contribution in [0.4, 0.5) is 17.2 Å². The predicted octanol–water partition coefficient (Wildman–Crippen LogP) is 6.92. The van der Waals surface area contributed by atoms with Gasteiger partial charge in [0.1, 0.15) is 5.82 Å². The van der Waals surface area contributed by atoms with Crippen LogP contribution >= 0.6 is 11.6 Å². The Hall–Kier alpha value is -3.73. The van der Waals surface area contributed by atoms with Gasteiger partial charge in [-0.1, -0.05) is 86.1 Å². The molecule has 2 aromatic heterocycles. The number of halogens is 1. The number of benzene rings is 3. The van der Waals surface area contributed by atoms with Gasteiger partial charge in [0.25, 0.3) is 8.32 Å². The number of piperazine rings is 1. The molecule has 3 aliphatic rings. The number of nitrogens with one attached hydrogen (secondary N) is 1. The normalized spacial score (nSPS) is 21.8. The van der Waals surface area contributed by atoms with Gasteiger partial charge in [0.2, 0.25) is 0 Å². The number of anilines is 3. The van der Waals surface area contributed by atoms with E-state index in [2.05, 4.69) is 118 Å². The lowest BCUT2D eigenvalue weighted by atomic mass is 9.81. The van der Waals surface area contributed by atoms with Crippen molar-refractivity contribution in [2.75, 3.05) is 49.6 Å². The first-order chi connectivity index (χ1) is 24.6. The van der Waals surface area contributed by atoms with E-state index in [4.69, 9.17) is 16.3 Å². The van der Waals surface area contributed by atoms with E-state index >= 15 is 0 Å². The highest BCUT2D eigenvalue weighted by atomic mass is 35.5. The Labute approximate surface area is 307 Å². The van der Waals surface area contributed by atoms with Crippen LogP contribution in [0.25, 0.3) is 10.8 Å². The summed E-state index contributed by atoms with van der Waals surface area (Å²) in [5, 5.41) is 12.8. The molecule has 2 unspecified atom stereocenters. The average molecular weight is 721 g/mol. The number of fused-ring (bicyclic) bond motifs is 1. The molecule has 3 fully saturated rings. The lowest BCUT2D eigenvalue weighted by molar-refractivity contribution is 0.0518. The summed E-state index contributed by atoms with van der Waals surface area (Å²) >= 11 is 6.95. The third kappa shape index (κ3) is 6.27. The second-order valence-corrected chi connectivity index (χ2v) is 20.1. The summed E-state index contributed by atoms with van der Waals surface area (Å²) in [6.07, 6.45) is 7.08. The van der Waals surface area contributed by atoms with Gasteiger partial charge >= 0.3 is 0 Å². The predicted molar refractivity (Wildman–Crippen MR) is 211 cm³/mol. The Balaban J connectivity index is 0.984. The largest absolute Gasteiger partial charge is 0.424 e. The zero-order valence-electron chi connectivity index (χ0n) is 30.1. The van der Waals surface area contributed by atoms with E-state index < -0.39 is 8.32 Å². The zero-order valence-corrected chi connectivity index (χ0v) is 31.9. The van der Waals surface area contributed by atoms with E-state index in [-0.39, 0.29) is 16.5 Å². The standard InChI is InChI=1S/C41H49ClN6O2Si/c1-29-37(26-44-48(29)33-15-16-33)45-39-23-30-22-38(36(42)21-31(30)25-43-39)46-17-19-47(20-18-46)41(4)28-50-27-32(41)24-40(2,3)51(49,34-11-7-5-8-12-34)35-13-9-6-10-14-35/h5-14,21-23,25-26,32-33,49H,15-20,24,27-28H2,1-4H3,(H,43,45). The van der Waals surface area contributed by atoms with Crippen molar-refractivity contribution in [2.45, 2.75) is 63.6 Å². The van der Waals surface area contributed by atoms with E-state index in [9.17, 15) is 4.80 Å². The first kappa shape index (κ1) is 34.4. The van der Waals surface area contributed by atoms with Crippen molar-refractivity contribution in [1.29, 1.82) is 0 Å². The first-order valence-electron chi connectivity index (χ1n) is 18.4. The molecular weight excluding hydrogens is 672 g/mol. The fraction of sp³-hybridized carbons (Fsp3) is 0.415. The summed E-state index contributed by atoms with van der Waals surface area (Å²) in [5.74, 6) is 1.09. The van der Waals surface area contributed by atoms with E-state index in [0.717, 1.165) is 81.7 Å². The highest BCUT2D eigenvalue weighted by Gasteiger charge is 2.55. The SMILES string of the molecule is Cc1c(Nc2cc3cc(N4CCN(C5(C)COCC5CC(C)(C)[Si](O)(c5ccccc5)c5ccccc5)CC4)c(Cl)cc3cn2)cnn1C1CC1. The maximum absolute atomic E-state index is 12.9. The van der Waals surface area contributed by atoms with E-state index in [1.54, 1.807) is 0 Å². The van der Waals surface area contributed by atoms with Gasteiger partial charge in [0, 0.05) is 49.2 Å². The number of nitrogens with zero attached hydrogens (tertiary/aromatic N) is 5. The Morgan fingerprint density at radius 2 is 1.61 bits per heavy atom. The number of hydrogen-bond donors (Lipinski definition) is 2. The van der Waals surface area contributed by atoms with Crippen molar-refractivity contribution in [3.05, 3.63) is 102 Å². The van der Waals surface area contributed by atoms with Crippen molar-refractivity contribution in [2.24, 2.45) is 5.92 Å². The smallest absolute Gasteiger partial charge is 0.258 e. The second kappa shape index (κ2) is 13.4. The summed E-state index contributed by atoms with van der Waals surface area (Å²) in [7, 11) is -3.13. The summed E-state index contributed by atoms with van der Waals surface area (Å²) in [4.78, 5) is 22.6. The topological polar surface area (TPSA) is 78.7 Å². The van der Waals surface area contributed by atoms with Crippen molar-refractivity contribution >= 4 is 58.3 Å². The van der Waals surface area contributed by atoms with Crippen LogP contribution in [-0.4, -0.2) is 77.7 Å².